The number of fused-ring (bicyclic) bond motifs is 1. The highest BCUT2D eigenvalue weighted by atomic mass is 16.5. The van der Waals surface area contributed by atoms with Crippen molar-refractivity contribution in [1.29, 1.82) is 0 Å². The maximum atomic E-state index is 13.2. The lowest BCUT2D eigenvalue weighted by Crippen LogP contribution is -2.11. The third-order valence-electron chi connectivity index (χ3n) is 5.02. The van der Waals surface area contributed by atoms with Crippen LogP contribution in [-0.4, -0.2) is 25.4 Å². The molecule has 4 rings (SSSR count). The molecule has 4 aromatic rings. The fraction of sp³-hybridized carbons (Fsp3) is 0.111. The third-order valence-corrected chi connectivity index (χ3v) is 5.02. The van der Waals surface area contributed by atoms with Gasteiger partial charge in [-0.3, -0.25) is 9.59 Å². The first-order chi connectivity index (χ1) is 16.1. The van der Waals surface area contributed by atoms with Crippen LogP contribution in [0.2, 0.25) is 0 Å². The number of carbonyl (C=O) groups excluding carboxylic acids is 2. The molecular formula is C27H23NO5. The zero-order chi connectivity index (χ0) is 23.2. The first-order valence-corrected chi connectivity index (χ1v) is 10.5. The lowest BCUT2D eigenvalue weighted by Gasteiger charge is -2.06. The molecule has 0 bridgehead atoms. The molecule has 3 aromatic carbocycles. The SMILES string of the molecule is CCOc1ccc(C(=O)c2oc3ccccc3c2NC(=O)/C=C/c2ccc(OC)cc2)cc1. The van der Waals surface area contributed by atoms with Crippen LogP contribution in [0.25, 0.3) is 17.0 Å². The Morgan fingerprint density at radius 1 is 0.939 bits per heavy atom. The van der Waals surface area contributed by atoms with Crippen molar-refractivity contribution in [1.82, 2.24) is 0 Å². The van der Waals surface area contributed by atoms with Gasteiger partial charge in [0.15, 0.2) is 5.76 Å². The van der Waals surface area contributed by atoms with Gasteiger partial charge in [0.1, 0.15) is 17.1 Å². The molecule has 1 aromatic heterocycles. The summed E-state index contributed by atoms with van der Waals surface area (Å²) in [5.74, 6) is 0.781. The Balaban J connectivity index is 1.61. The van der Waals surface area contributed by atoms with Crippen LogP contribution in [0.1, 0.15) is 28.6 Å². The largest absolute Gasteiger partial charge is 0.497 e. The van der Waals surface area contributed by atoms with Gasteiger partial charge in [-0.05, 0) is 67.1 Å². The van der Waals surface area contributed by atoms with Gasteiger partial charge < -0.3 is 19.2 Å². The topological polar surface area (TPSA) is 77.8 Å². The van der Waals surface area contributed by atoms with Gasteiger partial charge in [-0.1, -0.05) is 24.3 Å². The summed E-state index contributed by atoms with van der Waals surface area (Å²) in [5, 5.41) is 3.47. The minimum atomic E-state index is -0.377. The Morgan fingerprint density at radius 3 is 2.33 bits per heavy atom. The average Bonchev–Trinajstić information content (AvgIpc) is 3.21. The fourth-order valence-corrected chi connectivity index (χ4v) is 3.38. The Bertz CT molecular complexity index is 1300. The standard InChI is InChI=1S/C27H23NO5/c1-3-32-21-15-11-19(12-16-21)26(30)27-25(22-6-4-5-7-23(22)33-27)28-24(29)17-10-18-8-13-20(31-2)14-9-18/h4-17H,3H2,1-2H3,(H,28,29)/b17-10+. The number of furan rings is 1. The predicted octanol–water partition coefficient (Wildman–Crippen LogP) is 5.72. The number of ketones is 1. The molecule has 6 nitrogen and oxygen atoms in total. The highest BCUT2D eigenvalue weighted by Gasteiger charge is 2.23. The second-order valence-corrected chi connectivity index (χ2v) is 7.18. The predicted molar refractivity (Wildman–Crippen MR) is 128 cm³/mol. The number of ether oxygens (including phenoxy) is 2. The zero-order valence-corrected chi connectivity index (χ0v) is 18.3. The van der Waals surface area contributed by atoms with Crippen LogP contribution in [0, 0.1) is 0 Å². The molecule has 1 N–H and O–H groups in total. The maximum absolute atomic E-state index is 13.2. The molecule has 0 aliphatic carbocycles. The van der Waals surface area contributed by atoms with Crippen molar-refractivity contribution in [3.8, 4) is 11.5 Å². The molecule has 1 heterocycles. The van der Waals surface area contributed by atoms with Crippen LogP contribution in [-0.2, 0) is 4.79 Å². The van der Waals surface area contributed by atoms with Crippen LogP contribution in [0.5, 0.6) is 11.5 Å². The number of benzene rings is 3. The third kappa shape index (κ3) is 4.96. The van der Waals surface area contributed by atoms with Gasteiger partial charge in [-0.2, -0.15) is 0 Å². The molecule has 1 amide bonds. The van der Waals surface area contributed by atoms with E-state index in [0.29, 0.717) is 34.6 Å². The molecule has 0 saturated carbocycles. The van der Waals surface area contributed by atoms with E-state index >= 15 is 0 Å². The fourth-order valence-electron chi connectivity index (χ4n) is 3.38. The van der Waals surface area contributed by atoms with Gasteiger partial charge in [0, 0.05) is 17.0 Å². The molecule has 0 aliphatic rings. The van der Waals surface area contributed by atoms with E-state index in [9.17, 15) is 9.59 Å². The van der Waals surface area contributed by atoms with E-state index in [1.165, 1.54) is 6.08 Å². The molecule has 0 spiro atoms. The number of hydrogen-bond donors (Lipinski definition) is 1. The summed E-state index contributed by atoms with van der Waals surface area (Å²) in [6.07, 6.45) is 3.10. The van der Waals surface area contributed by atoms with Crippen molar-refractivity contribution in [3.05, 3.63) is 95.8 Å². The van der Waals surface area contributed by atoms with E-state index in [-0.39, 0.29) is 17.5 Å². The molecule has 0 atom stereocenters. The minimum absolute atomic E-state index is 0.0755. The van der Waals surface area contributed by atoms with E-state index in [2.05, 4.69) is 5.32 Å². The maximum Gasteiger partial charge on any atom is 0.248 e. The lowest BCUT2D eigenvalue weighted by molar-refractivity contribution is -0.111. The zero-order valence-electron chi connectivity index (χ0n) is 18.3. The quantitative estimate of drug-likeness (QED) is 0.279. The van der Waals surface area contributed by atoms with E-state index in [0.717, 1.165) is 11.3 Å². The van der Waals surface area contributed by atoms with Gasteiger partial charge in [-0.25, -0.2) is 0 Å². The highest BCUT2D eigenvalue weighted by Crippen LogP contribution is 2.33. The van der Waals surface area contributed by atoms with Crippen LogP contribution >= 0.6 is 0 Å². The molecule has 0 saturated heterocycles. The summed E-state index contributed by atoms with van der Waals surface area (Å²) in [5.41, 5.74) is 2.13. The molecule has 166 valence electrons. The van der Waals surface area contributed by atoms with Crippen LogP contribution in [0.4, 0.5) is 5.69 Å². The number of hydrogen-bond acceptors (Lipinski definition) is 5. The number of rotatable bonds is 8. The number of para-hydroxylation sites is 1. The Hall–Kier alpha value is -4.32. The van der Waals surface area contributed by atoms with Crippen molar-refractivity contribution in [2.75, 3.05) is 19.0 Å². The molecule has 0 radical (unpaired) electrons. The van der Waals surface area contributed by atoms with Crippen molar-refractivity contribution in [2.45, 2.75) is 6.92 Å². The number of methoxy groups -OCH3 is 1. The van der Waals surface area contributed by atoms with Crippen LogP contribution in [0.3, 0.4) is 0 Å². The molecule has 0 unspecified atom stereocenters. The van der Waals surface area contributed by atoms with Gasteiger partial charge in [0.2, 0.25) is 11.7 Å². The summed E-state index contributed by atoms with van der Waals surface area (Å²) in [6.45, 7) is 2.43. The van der Waals surface area contributed by atoms with Gasteiger partial charge in [-0.15, -0.1) is 0 Å². The first kappa shape index (κ1) is 21.9. The molecule has 6 heteroatoms. The molecule has 33 heavy (non-hydrogen) atoms. The second kappa shape index (κ2) is 9.87. The second-order valence-electron chi connectivity index (χ2n) is 7.18. The van der Waals surface area contributed by atoms with Crippen molar-refractivity contribution >= 4 is 34.4 Å². The number of nitrogens with one attached hydrogen (secondary N) is 1. The highest BCUT2D eigenvalue weighted by molar-refractivity contribution is 6.18. The van der Waals surface area contributed by atoms with E-state index in [1.54, 1.807) is 49.6 Å². The van der Waals surface area contributed by atoms with Crippen molar-refractivity contribution in [3.63, 3.8) is 0 Å². The lowest BCUT2D eigenvalue weighted by atomic mass is 10.1. The summed E-state index contributed by atoms with van der Waals surface area (Å²) in [4.78, 5) is 25.9. The van der Waals surface area contributed by atoms with E-state index < -0.39 is 0 Å². The summed E-state index contributed by atoms with van der Waals surface area (Å²) < 4.78 is 16.4. The summed E-state index contributed by atoms with van der Waals surface area (Å²) in [6, 6.07) is 21.3. The Labute approximate surface area is 191 Å². The molecule has 0 fully saturated rings. The monoisotopic (exact) mass is 441 g/mol. The number of carbonyl (C=O) groups is 2. The summed E-state index contributed by atoms with van der Waals surface area (Å²) >= 11 is 0. The van der Waals surface area contributed by atoms with Gasteiger partial charge in [0.05, 0.1) is 19.4 Å². The Morgan fingerprint density at radius 2 is 1.64 bits per heavy atom. The van der Waals surface area contributed by atoms with E-state index in [1.807, 2.05) is 43.3 Å². The molecular weight excluding hydrogens is 418 g/mol. The van der Waals surface area contributed by atoms with Crippen LogP contribution < -0.4 is 14.8 Å². The first-order valence-electron chi connectivity index (χ1n) is 10.5. The van der Waals surface area contributed by atoms with Crippen molar-refractivity contribution in [2.24, 2.45) is 0 Å². The van der Waals surface area contributed by atoms with Gasteiger partial charge in [0.25, 0.3) is 0 Å². The van der Waals surface area contributed by atoms with Crippen molar-refractivity contribution < 1.29 is 23.5 Å². The van der Waals surface area contributed by atoms with E-state index in [4.69, 9.17) is 13.9 Å². The average molecular weight is 441 g/mol. The van der Waals surface area contributed by atoms with Crippen LogP contribution in [0.15, 0.2) is 83.3 Å². The minimum Gasteiger partial charge on any atom is -0.497 e. The summed E-state index contributed by atoms with van der Waals surface area (Å²) in [7, 11) is 1.60. The normalized spacial score (nSPS) is 11.0. The van der Waals surface area contributed by atoms with Gasteiger partial charge >= 0.3 is 0 Å². The Kier molecular flexibility index (Phi) is 6.55. The molecule has 0 aliphatic heterocycles. The smallest absolute Gasteiger partial charge is 0.248 e. The number of amides is 1. The number of anilines is 1.